The molecule has 0 radical (unpaired) electrons. The highest BCUT2D eigenvalue weighted by molar-refractivity contribution is 7.99. The third kappa shape index (κ3) is 3.39. The first kappa shape index (κ1) is 13.7. The molecule has 2 nitrogen and oxygen atoms in total. The van der Waals surface area contributed by atoms with Gasteiger partial charge in [0, 0.05) is 17.1 Å². The Balaban J connectivity index is 2.15. The van der Waals surface area contributed by atoms with Crippen LogP contribution < -0.4 is 5.73 Å². The van der Waals surface area contributed by atoms with E-state index >= 15 is 0 Å². The van der Waals surface area contributed by atoms with Gasteiger partial charge in [-0.15, -0.1) is 0 Å². The monoisotopic (exact) mass is 298 g/mol. The largest absolute Gasteiger partial charge is 0.324 e. The van der Waals surface area contributed by atoms with Crippen LogP contribution in [0.5, 0.6) is 0 Å². The summed E-state index contributed by atoms with van der Waals surface area (Å²) in [6, 6.07) is 9.46. The predicted octanol–water partition coefficient (Wildman–Crippen LogP) is 4.56. The van der Waals surface area contributed by atoms with Gasteiger partial charge in [-0.2, -0.15) is 0 Å². The third-order valence-electron chi connectivity index (χ3n) is 2.40. The molecule has 94 valence electrons. The van der Waals surface area contributed by atoms with Gasteiger partial charge in [-0.05, 0) is 36.8 Å². The maximum Gasteiger partial charge on any atom is 0.101 e. The van der Waals surface area contributed by atoms with Crippen molar-refractivity contribution in [2.24, 2.45) is 5.73 Å². The van der Waals surface area contributed by atoms with Crippen LogP contribution in [0.2, 0.25) is 10.0 Å². The molecule has 2 rings (SSSR count). The van der Waals surface area contributed by atoms with Crippen LogP contribution in [0.15, 0.2) is 46.5 Å². The maximum absolute atomic E-state index is 5.96. The topological polar surface area (TPSA) is 38.9 Å². The number of aromatic nitrogens is 1. The summed E-state index contributed by atoms with van der Waals surface area (Å²) in [5.74, 6) is 0. The normalized spacial score (nSPS) is 12.4. The summed E-state index contributed by atoms with van der Waals surface area (Å²) in [6.07, 6.45) is 1.80. The Hall–Kier alpha value is -0.740. The molecule has 0 saturated heterocycles. The minimum atomic E-state index is 0.00141. The third-order valence-corrected chi connectivity index (χ3v) is 4.08. The van der Waals surface area contributed by atoms with E-state index in [1.165, 1.54) is 11.8 Å². The zero-order chi connectivity index (χ0) is 13.1. The number of halogens is 2. The maximum atomic E-state index is 5.96. The molecule has 0 saturated carbocycles. The van der Waals surface area contributed by atoms with E-state index in [4.69, 9.17) is 28.9 Å². The molecule has 1 aromatic carbocycles. The van der Waals surface area contributed by atoms with Gasteiger partial charge in [0.1, 0.15) is 5.03 Å². The molecule has 0 aliphatic carbocycles. The number of benzene rings is 1. The molecule has 1 atom stereocenters. The highest BCUT2D eigenvalue weighted by Crippen LogP contribution is 2.31. The van der Waals surface area contributed by atoms with Crippen molar-refractivity contribution in [1.82, 2.24) is 4.98 Å². The van der Waals surface area contributed by atoms with Crippen molar-refractivity contribution in [2.75, 3.05) is 0 Å². The van der Waals surface area contributed by atoms with Crippen molar-refractivity contribution >= 4 is 35.0 Å². The van der Waals surface area contributed by atoms with Crippen molar-refractivity contribution in [1.29, 1.82) is 0 Å². The van der Waals surface area contributed by atoms with Gasteiger partial charge in [-0.1, -0.05) is 41.0 Å². The molecular weight excluding hydrogens is 287 g/mol. The van der Waals surface area contributed by atoms with E-state index in [-0.39, 0.29) is 6.04 Å². The van der Waals surface area contributed by atoms with E-state index in [1.807, 2.05) is 31.2 Å². The molecule has 0 fully saturated rings. The van der Waals surface area contributed by atoms with E-state index in [0.29, 0.717) is 10.0 Å². The lowest BCUT2D eigenvalue weighted by molar-refractivity contribution is 0.806. The van der Waals surface area contributed by atoms with Gasteiger partial charge in [0.15, 0.2) is 0 Å². The number of hydrogen-bond donors (Lipinski definition) is 1. The minimum absolute atomic E-state index is 0.00141. The zero-order valence-electron chi connectivity index (χ0n) is 9.73. The highest BCUT2D eigenvalue weighted by atomic mass is 35.5. The Bertz CT molecular complexity index is 541. The molecule has 0 aliphatic heterocycles. The fourth-order valence-corrected chi connectivity index (χ4v) is 2.54. The van der Waals surface area contributed by atoms with Crippen molar-refractivity contribution in [2.45, 2.75) is 22.9 Å². The van der Waals surface area contributed by atoms with Crippen LogP contribution in [0, 0.1) is 0 Å². The summed E-state index contributed by atoms with van der Waals surface area (Å²) in [7, 11) is 0. The Kier molecular flexibility index (Phi) is 4.51. The van der Waals surface area contributed by atoms with E-state index in [1.54, 1.807) is 12.3 Å². The Morgan fingerprint density at radius 1 is 1.17 bits per heavy atom. The number of nitrogens with zero attached hydrogens (tertiary/aromatic N) is 1. The fraction of sp³-hybridized carbons (Fsp3) is 0.154. The number of rotatable bonds is 3. The fourth-order valence-electron chi connectivity index (χ4n) is 1.38. The summed E-state index contributed by atoms with van der Waals surface area (Å²) in [4.78, 5) is 5.36. The quantitative estimate of drug-likeness (QED) is 0.903. The van der Waals surface area contributed by atoms with Gasteiger partial charge in [0.25, 0.3) is 0 Å². The van der Waals surface area contributed by atoms with E-state index in [9.17, 15) is 0 Å². The predicted molar refractivity (Wildman–Crippen MR) is 77.4 cm³/mol. The second-order valence-electron chi connectivity index (χ2n) is 3.90. The van der Waals surface area contributed by atoms with E-state index in [2.05, 4.69) is 4.98 Å². The van der Waals surface area contributed by atoms with Crippen LogP contribution in [0.4, 0.5) is 0 Å². The summed E-state index contributed by atoms with van der Waals surface area (Å²) in [5.41, 5.74) is 6.80. The summed E-state index contributed by atoms with van der Waals surface area (Å²) >= 11 is 13.4. The summed E-state index contributed by atoms with van der Waals surface area (Å²) in [6.45, 7) is 1.93. The Morgan fingerprint density at radius 3 is 2.50 bits per heavy atom. The number of pyridine rings is 1. The van der Waals surface area contributed by atoms with Gasteiger partial charge in [-0.25, -0.2) is 4.98 Å². The highest BCUT2D eigenvalue weighted by Gasteiger charge is 2.04. The van der Waals surface area contributed by atoms with Crippen molar-refractivity contribution in [3.63, 3.8) is 0 Å². The van der Waals surface area contributed by atoms with E-state index in [0.717, 1.165) is 15.5 Å². The molecule has 0 spiro atoms. The molecule has 0 amide bonds. The SMILES string of the molecule is C[C@H](N)c1ccc(Sc2ccc(Cl)c(Cl)c2)nc1. The van der Waals surface area contributed by atoms with Crippen molar-refractivity contribution in [3.8, 4) is 0 Å². The molecule has 0 unspecified atom stereocenters. The summed E-state index contributed by atoms with van der Waals surface area (Å²) < 4.78 is 0. The van der Waals surface area contributed by atoms with Crippen LogP contribution in [0.25, 0.3) is 0 Å². The average Bonchev–Trinajstić information content (AvgIpc) is 2.34. The Morgan fingerprint density at radius 2 is 1.94 bits per heavy atom. The average molecular weight is 299 g/mol. The first-order valence-corrected chi connectivity index (χ1v) is 6.98. The van der Waals surface area contributed by atoms with Gasteiger partial charge >= 0.3 is 0 Å². The molecule has 1 heterocycles. The van der Waals surface area contributed by atoms with Crippen molar-refractivity contribution < 1.29 is 0 Å². The second kappa shape index (κ2) is 5.93. The van der Waals surface area contributed by atoms with Crippen LogP contribution in [-0.4, -0.2) is 4.98 Å². The van der Waals surface area contributed by atoms with Crippen LogP contribution in [-0.2, 0) is 0 Å². The molecule has 5 heteroatoms. The summed E-state index contributed by atoms with van der Waals surface area (Å²) in [5, 5.41) is 2.01. The van der Waals surface area contributed by atoms with Gasteiger partial charge in [-0.3, -0.25) is 0 Å². The van der Waals surface area contributed by atoms with Gasteiger partial charge in [0.05, 0.1) is 10.0 Å². The van der Waals surface area contributed by atoms with Crippen LogP contribution >= 0.6 is 35.0 Å². The first-order chi connectivity index (χ1) is 8.56. The number of nitrogens with two attached hydrogens (primary N) is 1. The lowest BCUT2D eigenvalue weighted by atomic mass is 10.2. The molecule has 2 aromatic rings. The molecule has 2 N–H and O–H groups in total. The molecule has 0 aliphatic rings. The van der Waals surface area contributed by atoms with E-state index < -0.39 is 0 Å². The van der Waals surface area contributed by atoms with Gasteiger partial charge in [0.2, 0.25) is 0 Å². The lowest BCUT2D eigenvalue weighted by Gasteiger charge is -2.06. The number of hydrogen-bond acceptors (Lipinski definition) is 3. The minimum Gasteiger partial charge on any atom is -0.324 e. The molecule has 1 aromatic heterocycles. The van der Waals surface area contributed by atoms with Gasteiger partial charge < -0.3 is 5.73 Å². The standard InChI is InChI=1S/C13H12Cl2N2S/c1-8(16)9-2-5-13(17-7-9)18-10-3-4-11(14)12(15)6-10/h2-8H,16H2,1H3/t8-/m0/s1. The first-order valence-electron chi connectivity index (χ1n) is 5.40. The smallest absolute Gasteiger partial charge is 0.101 e. The molecular formula is C13H12Cl2N2S. The Labute approximate surface area is 121 Å². The second-order valence-corrected chi connectivity index (χ2v) is 5.80. The molecule has 18 heavy (non-hydrogen) atoms. The van der Waals surface area contributed by atoms with Crippen LogP contribution in [0.1, 0.15) is 18.5 Å². The molecule has 0 bridgehead atoms. The van der Waals surface area contributed by atoms with Crippen molar-refractivity contribution in [3.05, 3.63) is 52.1 Å². The zero-order valence-corrected chi connectivity index (χ0v) is 12.1. The van der Waals surface area contributed by atoms with Crippen LogP contribution in [0.3, 0.4) is 0 Å². The lowest BCUT2D eigenvalue weighted by Crippen LogP contribution is -2.04.